The van der Waals surface area contributed by atoms with Crippen LogP contribution in [0, 0.1) is 5.92 Å². The van der Waals surface area contributed by atoms with E-state index in [1.165, 1.54) is 24.0 Å². The summed E-state index contributed by atoms with van der Waals surface area (Å²) in [5.74, 6) is 0.396. The smallest absolute Gasteiger partial charge is 0.303 e. The molecule has 0 unspecified atom stereocenters. The number of carbonyl (C=O) groups is 1. The van der Waals surface area contributed by atoms with Gasteiger partial charge in [-0.2, -0.15) is 0 Å². The van der Waals surface area contributed by atoms with E-state index in [1.54, 1.807) is 0 Å². The maximum atomic E-state index is 10.7. The van der Waals surface area contributed by atoms with Crippen molar-refractivity contribution in [2.24, 2.45) is 5.92 Å². The summed E-state index contributed by atoms with van der Waals surface area (Å²) in [6.45, 7) is 3.04. The van der Waals surface area contributed by atoms with Crippen molar-refractivity contribution < 1.29 is 9.90 Å². The van der Waals surface area contributed by atoms with Crippen LogP contribution in [0.25, 0.3) is 0 Å². The maximum Gasteiger partial charge on any atom is 0.303 e. The Morgan fingerprint density at radius 3 is 1.92 bits per heavy atom. The summed E-state index contributed by atoms with van der Waals surface area (Å²) >= 11 is 0. The van der Waals surface area contributed by atoms with Crippen molar-refractivity contribution in [1.82, 2.24) is 4.90 Å². The molecule has 1 saturated heterocycles. The number of hydrogen-bond acceptors (Lipinski definition) is 2. The van der Waals surface area contributed by atoms with Gasteiger partial charge in [0.1, 0.15) is 0 Å². The Morgan fingerprint density at radius 2 is 1.46 bits per heavy atom. The lowest BCUT2D eigenvalue weighted by atomic mass is 9.76. The molecule has 1 heterocycles. The Labute approximate surface area is 162 Å². The minimum Gasteiger partial charge on any atom is -0.481 e. The van der Waals surface area contributed by atoms with Gasteiger partial charge in [-0.15, -0.1) is 12.4 Å². The summed E-state index contributed by atoms with van der Waals surface area (Å²) in [7, 11) is 0. The Balaban J connectivity index is 0.00000243. The van der Waals surface area contributed by atoms with Crippen LogP contribution in [0.3, 0.4) is 0 Å². The summed E-state index contributed by atoms with van der Waals surface area (Å²) in [6, 6.07) is 21.7. The minimum absolute atomic E-state index is 0. The molecule has 1 aliphatic heterocycles. The van der Waals surface area contributed by atoms with Crippen LogP contribution < -0.4 is 0 Å². The second-order valence-corrected chi connectivity index (χ2v) is 6.98. The van der Waals surface area contributed by atoms with Crippen molar-refractivity contribution in [2.45, 2.75) is 31.6 Å². The lowest BCUT2D eigenvalue weighted by molar-refractivity contribution is -0.137. The van der Waals surface area contributed by atoms with E-state index < -0.39 is 5.97 Å². The van der Waals surface area contributed by atoms with Crippen LogP contribution in [-0.4, -0.2) is 35.6 Å². The van der Waals surface area contributed by atoms with E-state index in [0.717, 1.165) is 26.1 Å². The van der Waals surface area contributed by atoms with Gasteiger partial charge in [0.2, 0.25) is 0 Å². The first-order chi connectivity index (χ1) is 12.2. The van der Waals surface area contributed by atoms with Gasteiger partial charge >= 0.3 is 5.97 Å². The average molecular weight is 374 g/mol. The molecule has 3 rings (SSSR count). The molecular formula is C22H28ClNO2. The number of piperidine rings is 1. The number of nitrogens with zero attached hydrogens (tertiary/aromatic N) is 1. The van der Waals surface area contributed by atoms with Crippen molar-refractivity contribution in [3.63, 3.8) is 0 Å². The molecule has 0 saturated carbocycles. The Kier molecular flexibility index (Phi) is 8.14. The molecule has 1 N–H and O–H groups in total. The quantitative estimate of drug-likeness (QED) is 0.756. The number of hydrogen-bond donors (Lipinski definition) is 1. The average Bonchev–Trinajstić information content (AvgIpc) is 2.65. The summed E-state index contributed by atoms with van der Waals surface area (Å²) in [4.78, 5) is 13.1. The lowest BCUT2D eigenvalue weighted by Crippen LogP contribution is -2.36. The van der Waals surface area contributed by atoms with Crippen molar-refractivity contribution in [2.75, 3.05) is 19.6 Å². The largest absolute Gasteiger partial charge is 0.481 e. The fourth-order valence-electron chi connectivity index (χ4n) is 4.02. The van der Waals surface area contributed by atoms with E-state index in [1.807, 2.05) is 0 Å². The predicted molar refractivity (Wildman–Crippen MR) is 108 cm³/mol. The molecular weight excluding hydrogens is 346 g/mol. The first-order valence-electron chi connectivity index (χ1n) is 9.28. The van der Waals surface area contributed by atoms with Gasteiger partial charge in [0.05, 0.1) is 0 Å². The molecule has 0 amide bonds. The van der Waals surface area contributed by atoms with Crippen LogP contribution in [0.2, 0.25) is 0 Å². The monoisotopic (exact) mass is 373 g/mol. The van der Waals surface area contributed by atoms with Crippen LogP contribution in [-0.2, 0) is 4.79 Å². The molecule has 4 heteroatoms. The molecule has 140 valence electrons. The van der Waals surface area contributed by atoms with Crippen LogP contribution in [0.15, 0.2) is 60.7 Å². The SMILES string of the molecule is Cl.O=C(O)CCCN1CCC(C(c2ccccc2)c2ccccc2)CC1. The number of carboxylic acid groups (broad SMARTS) is 1. The third kappa shape index (κ3) is 5.58. The number of halogens is 1. The highest BCUT2D eigenvalue weighted by atomic mass is 35.5. The zero-order chi connectivity index (χ0) is 17.5. The minimum atomic E-state index is -0.692. The van der Waals surface area contributed by atoms with Crippen molar-refractivity contribution in [3.05, 3.63) is 71.8 Å². The molecule has 0 atom stereocenters. The number of carboxylic acids is 1. The van der Waals surface area contributed by atoms with Crippen molar-refractivity contribution >= 4 is 18.4 Å². The molecule has 26 heavy (non-hydrogen) atoms. The molecule has 3 nitrogen and oxygen atoms in total. The van der Waals surface area contributed by atoms with Gasteiger partial charge in [0.15, 0.2) is 0 Å². The summed E-state index contributed by atoms with van der Waals surface area (Å²) in [5.41, 5.74) is 2.80. The normalized spacial score (nSPS) is 15.6. The Bertz CT molecular complexity index is 615. The lowest BCUT2D eigenvalue weighted by Gasteiger charge is -2.36. The molecule has 0 aromatic heterocycles. The number of rotatable bonds is 7. The molecule has 0 bridgehead atoms. The molecule has 1 aliphatic rings. The molecule has 1 fully saturated rings. The van der Waals surface area contributed by atoms with Crippen LogP contribution in [0.4, 0.5) is 0 Å². The van der Waals surface area contributed by atoms with E-state index in [-0.39, 0.29) is 18.8 Å². The van der Waals surface area contributed by atoms with Crippen molar-refractivity contribution in [3.8, 4) is 0 Å². The number of likely N-dealkylation sites (tertiary alicyclic amines) is 1. The van der Waals surface area contributed by atoms with Gasteiger partial charge in [-0.3, -0.25) is 4.79 Å². The topological polar surface area (TPSA) is 40.5 Å². The first-order valence-corrected chi connectivity index (χ1v) is 9.28. The predicted octanol–water partition coefficient (Wildman–Crippen LogP) is 4.82. The Morgan fingerprint density at radius 1 is 0.962 bits per heavy atom. The highest BCUT2D eigenvalue weighted by molar-refractivity contribution is 5.85. The van der Waals surface area contributed by atoms with Gasteiger partial charge in [-0.05, 0) is 55.9 Å². The van der Waals surface area contributed by atoms with Crippen LogP contribution in [0.1, 0.15) is 42.7 Å². The van der Waals surface area contributed by atoms with E-state index in [4.69, 9.17) is 5.11 Å². The van der Waals surface area contributed by atoms with E-state index in [2.05, 4.69) is 65.6 Å². The standard InChI is InChI=1S/C22H27NO2.ClH/c24-21(25)12-7-15-23-16-13-20(14-17-23)22(18-8-3-1-4-9-18)19-10-5-2-6-11-19;/h1-6,8-11,20,22H,7,12-17H2,(H,24,25);1H. The molecule has 0 aliphatic carbocycles. The molecule has 2 aromatic carbocycles. The fraction of sp³-hybridized carbons (Fsp3) is 0.409. The zero-order valence-corrected chi connectivity index (χ0v) is 15.9. The van der Waals surface area contributed by atoms with E-state index in [0.29, 0.717) is 11.8 Å². The van der Waals surface area contributed by atoms with E-state index >= 15 is 0 Å². The zero-order valence-electron chi connectivity index (χ0n) is 15.1. The highest BCUT2D eigenvalue weighted by Crippen LogP contribution is 2.37. The van der Waals surface area contributed by atoms with Gasteiger partial charge in [-0.1, -0.05) is 60.7 Å². The number of benzene rings is 2. The first kappa shape index (κ1) is 20.5. The third-order valence-electron chi connectivity index (χ3n) is 5.29. The van der Waals surface area contributed by atoms with E-state index in [9.17, 15) is 4.79 Å². The third-order valence-corrected chi connectivity index (χ3v) is 5.29. The summed E-state index contributed by atoms with van der Waals surface area (Å²) in [5, 5.41) is 8.79. The van der Waals surface area contributed by atoms with Gasteiger partial charge in [0.25, 0.3) is 0 Å². The second kappa shape index (κ2) is 10.3. The summed E-state index contributed by atoms with van der Waals surface area (Å²) in [6.07, 6.45) is 3.36. The van der Waals surface area contributed by atoms with Crippen LogP contribution >= 0.6 is 12.4 Å². The van der Waals surface area contributed by atoms with Crippen molar-refractivity contribution in [1.29, 1.82) is 0 Å². The molecule has 0 radical (unpaired) electrons. The number of aliphatic carboxylic acids is 1. The summed E-state index contributed by atoms with van der Waals surface area (Å²) < 4.78 is 0. The Hall–Kier alpha value is -1.84. The van der Waals surface area contributed by atoms with Gasteiger partial charge in [-0.25, -0.2) is 0 Å². The highest BCUT2D eigenvalue weighted by Gasteiger charge is 2.28. The maximum absolute atomic E-state index is 10.7. The molecule has 2 aromatic rings. The van der Waals surface area contributed by atoms with Gasteiger partial charge < -0.3 is 10.0 Å². The molecule has 0 spiro atoms. The van der Waals surface area contributed by atoms with Gasteiger partial charge in [0, 0.05) is 12.3 Å². The fourth-order valence-corrected chi connectivity index (χ4v) is 4.02. The van der Waals surface area contributed by atoms with Crippen LogP contribution in [0.5, 0.6) is 0 Å². The second-order valence-electron chi connectivity index (χ2n) is 6.98.